The molecule has 0 aliphatic carbocycles. The monoisotopic (exact) mass is 361 g/mol. The highest BCUT2D eigenvalue weighted by Crippen LogP contribution is 2.26. The average molecular weight is 361 g/mol. The van der Waals surface area contributed by atoms with Gasteiger partial charge in [0, 0.05) is 30.5 Å². The third kappa shape index (κ3) is 3.87. The molecule has 2 heterocycles. The number of aryl methyl sites for hydroxylation is 1. The number of ether oxygens (including phenoxy) is 1. The number of nitrogens with one attached hydrogen (secondary N) is 1. The van der Waals surface area contributed by atoms with E-state index in [1.807, 2.05) is 66.2 Å². The SMILES string of the molecule is Cc1nccn1-c1ccc(CNC(=O)C2CCOc3ccccc3C2)cc1. The van der Waals surface area contributed by atoms with Gasteiger partial charge in [-0.25, -0.2) is 4.98 Å². The second-order valence-corrected chi connectivity index (χ2v) is 6.87. The molecule has 2 aromatic carbocycles. The third-order valence-electron chi connectivity index (χ3n) is 5.04. The van der Waals surface area contributed by atoms with E-state index >= 15 is 0 Å². The molecule has 1 atom stereocenters. The van der Waals surface area contributed by atoms with Crippen LogP contribution in [0, 0.1) is 12.8 Å². The first-order chi connectivity index (χ1) is 13.2. The molecule has 1 aliphatic heterocycles. The Kier molecular flexibility index (Phi) is 4.92. The molecule has 1 N–H and O–H groups in total. The van der Waals surface area contributed by atoms with Crippen molar-refractivity contribution in [1.82, 2.24) is 14.9 Å². The topological polar surface area (TPSA) is 56.2 Å². The van der Waals surface area contributed by atoms with E-state index in [9.17, 15) is 4.79 Å². The summed E-state index contributed by atoms with van der Waals surface area (Å²) < 4.78 is 7.80. The zero-order valence-corrected chi connectivity index (χ0v) is 15.4. The Morgan fingerprint density at radius 1 is 1.22 bits per heavy atom. The van der Waals surface area contributed by atoms with E-state index in [4.69, 9.17) is 4.74 Å². The van der Waals surface area contributed by atoms with Crippen LogP contribution in [0.3, 0.4) is 0 Å². The Morgan fingerprint density at radius 2 is 2.04 bits per heavy atom. The summed E-state index contributed by atoms with van der Waals surface area (Å²) in [6.45, 7) is 3.08. The van der Waals surface area contributed by atoms with Gasteiger partial charge in [-0.3, -0.25) is 4.79 Å². The van der Waals surface area contributed by atoms with E-state index in [1.165, 1.54) is 0 Å². The lowest BCUT2D eigenvalue weighted by molar-refractivity contribution is -0.125. The number of benzene rings is 2. The standard InChI is InChI=1S/C22H23N3O2/c1-16-23-11-12-25(16)20-8-6-17(7-9-20)15-24-22(26)19-10-13-27-21-5-3-2-4-18(21)14-19/h2-9,11-12,19H,10,13-15H2,1H3,(H,24,26). The van der Waals surface area contributed by atoms with Crippen molar-refractivity contribution >= 4 is 5.91 Å². The molecule has 0 saturated carbocycles. The number of hydrogen-bond donors (Lipinski definition) is 1. The van der Waals surface area contributed by atoms with Crippen molar-refractivity contribution in [3.05, 3.63) is 77.9 Å². The van der Waals surface area contributed by atoms with Gasteiger partial charge in [0.25, 0.3) is 0 Å². The maximum absolute atomic E-state index is 12.7. The molecule has 27 heavy (non-hydrogen) atoms. The molecule has 3 aromatic rings. The summed E-state index contributed by atoms with van der Waals surface area (Å²) in [6.07, 6.45) is 5.19. The normalized spacial score (nSPS) is 16.1. The fourth-order valence-electron chi connectivity index (χ4n) is 3.47. The number of amides is 1. The smallest absolute Gasteiger partial charge is 0.223 e. The van der Waals surface area contributed by atoms with Crippen molar-refractivity contribution in [3.63, 3.8) is 0 Å². The van der Waals surface area contributed by atoms with Crippen LogP contribution in [-0.2, 0) is 17.8 Å². The molecule has 5 nitrogen and oxygen atoms in total. The van der Waals surface area contributed by atoms with Crippen molar-refractivity contribution < 1.29 is 9.53 Å². The number of hydrogen-bond acceptors (Lipinski definition) is 3. The Bertz CT molecular complexity index is 931. The van der Waals surface area contributed by atoms with Crippen molar-refractivity contribution in [2.75, 3.05) is 6.61 Å². The fourth-order valence-corrected chi connectivity index (χ4v) is 3.47. The first-order valence-electron chi connectivity index (χ1n) is 9.28. The summed E-state index contributed by atoms with van der Waals surface area (Å²) >= 11 is 0. The van der Waals surface area contributed by atoms with Crippen molar-refractivity contribution in [2.45, 2.75) is 26.3 Å². The van der Waals surface area contributed by atoms with Crippen molar-refractivity contribution in [1.29, 1.82) is 0 Å². The number of nitrogens with zero attached hydrogens (tertiary/aromatic N) is 2. The molecule has 1 aliphatic rings. The van der Waals surface area contributed by atoms with Gasteiger partial charge in [-0.2, -0.15) is 0 Å². The van der Waals surface area contributed by atoms with Crippen molar-refractivity contribution in [3.8, 4) is 11.4 Å². The number of rotatable bonds is 4. The van der Waals surface area contributed by atoms with E-state index in [1.54, 1.807) is 6.20 Å². The first kappa shape index (κ1) is 17.3. The molecule has 1 unspecified atom stereocenters. The minimum atomic E-state index is -0.0541. The molecule has 0 bridgehead atoms. The quantitative estimate of drug-likeness (QED) is 0.774. The number of carbonyl (C=O) groups excluding carboxylic acids is 1. The second kappa shape index (κ2) is 7.66. The molecular weight excluding hydrogens is 338 g/mol. The van der Waals surface area contributed by atoms with E-state index in [2.05, 4.69) is 10.3 Å². The summed E-state index contributed by atoms with van der Waals surface area (Å²) in [4.78, 5) is 16.9. The van der Waals surface area contributed by atoms with Gasteiger partial charge in [-0.05, 0) is 49.1 Å². The number of aromatic nitrogens is 2. The van der Waals surface area contributed by atoms with E-state index in [-0.39, 0.29) is 11.8 Å². The Hall–Kier alpha value is -3.08. The van der Waals surface area contributed by atoms with Crippen molar-refractivity contribution in [2.24, 2.45) is 5.92 Å². The molecule has 4 rings (SSSR count). The fraction of sp³-hybridized carbons (Fsp3) is 0.273. The van der Waals surface area contributed by atoms with Gasteiger partial charge in [-0.15, -0.1) is 0 Å². The molecule has 0 fully saturated rings. The molecular formula is C22H23N3O2. The number of para-hydroxylation sites is 1. The minimum absolute atomic E-state index is 0.0541. The minimum Gasteiger partial charge on any atom is -0.493 e. The van der Waals surface area contributed by atoms with Gasteiger partial charge in [0.1, 0.15) is 11.6 Å². The van der Waals surface area contributed by atoms with Gasteiger partial charge < -0.3 is 14.6 Å². The Labute approximate surface area is 159 Å². The highest BCUT2D eigenvalue weighted by atomic mass is 16.5. The highest BCUT2D eigenvalue weighted by molar-refractivity contribution is 5.79. The van der Waals surface area contributed by atoms with Crippen LogP contribution in [0.2, 0.25) is 0 Å². The zero-order valence-electron chi connectivity index (χ0n) is 15.4. The first-order valence-corrected chi connectivity index (χ1v) is 9.28. The third-order valence-corrected chi connectivity index (χ3v) is 5.04. The lowest BCUT2D eigenvalue weighted by atomic mass is 9.96. The molecule has 0 saturated heterocycles. The zero-order chi connectivity index (χ0) is 18.6. The highest BCUT2D eigenvalue weighted by Gasteiger charge is 2.23. The molecule has 0 radical (unpaired) electrons. The van der Waals surface area contributed by atoms with Crippen LogP contribution in [0.5, 0.6) is 5.75 Å². The van der Waals surface area contributed by atoms with Crippen LogP contribution in [0.1, 0.15) is 23.4 Å². The summed E-state index contributed by atoms with van der Waals surface area (Å²) in [5, 5.41) is 3.08. The van der Waals surface area contributed by atoms with Crippen LogP contribution in [0.25, 0.3) is 5.69 Å². The molecule has 138 valence electrons. The number of imidazole rings is 1. The maximum Gasteiger partial charge on any atom is 0.223 e. The van der Waals surface area contributed by atoms with Crippen LogP contribution in [-0.4, -0.2) is 22.1 Å². The van der Waals surface area contributed by atoms with E-state index in [0.717, 1.165) is 41.2 Å². The molecule has 0 spiro atoms. The van der Waals surface area contributed by atoms with Gasteiger partial charge in [-0.1, -0.05) is 30.3 Å². The Balaban J connectivity index is 1.37. The van der Waals surface area contributed by atoms with E-state index in [0.29, 0.717) is 13.2 Å². The summed E-state index contributed by atoms with van der Waals surface area (Å²) in [5.41, 5.74) is 3.25. The second-order valence-electron chi connectivity index (χ2n) is 6.87. The van der Waals surface area contributed by atoms with Crippen LogP contribution in [0.4, 0.5) is 0 Å². The van der Waals surface area contributed by atoms with Crippen LogP contribution < -0.4 is 10.1 Å². The molecule has 1 amide bonds. The Morgan fingerprint density at radius 3 is 2.81 bits per heavy atom. The lowest BCUT2D eigenvalue weighted by Crippen LogP contribution is -2.31. The lowest BCUT2D eigenvalue weighted by Gasteiger charge is -2.14. The summed E-state index contributed by atoms with van der Waals surface area (Å²) in [6, 6.07) is 16.1. The van der Waals surface area contributed by atoms with Crippen LogP contribution >= 0.6 is 0 Å². The average Bonchev–Trinajstić information content (AvgIpc) is 3.00. The van der Waals surface area contributed by atoms with Gasteiger partial charge >= 0.3 is 0 Å². The van der Waals surface area contributed by atoms with E-state index < -0.39 is 0 Å². The predicted octanol–water partition coefficient (Wildman–Crippen LogP) is 3.44. The number of fused-ring (bicyclic) bond motifs is 1. The summed E-state index contributed by atoms with van der Waals surface area (Å²) in [5.74, 6) is 1.89. The van der Waals surface area contributed by atoms with Crippen LogP contribution in [0.15, 0.2) is 60.9 Å². The predicted molar refractivity (Wildman–Crippen MR) is 104 cm³/mol. The molecule has 5 heteroatoms. The van der Waals surface area contributed by atoms with Gasteiger partial charge in [0.2, 0.25) is 5.91 Å². The molecule has 1 aromatic heterocycles. The maximum atomic E-state index is 12.7. The van der Waals surface area contributed by atoms with Gasteiger partial charge in [0.05, 0.1) is 6.61 Å². The number of carbonyl (C=O) groups is 1. The largest absolute Gasteiger partial charge is 0.493 e. The summed E-state index contributed by atoms with van der Waals surface area (Å²) in [7, 11) is 0. The van der Waals surface area contributed by atoms with Gasteiger partial charge in [0.15, 0.2) is 0 Å².